The molecular weight excluding hydrogens is 254 g/mol. The molecule has 0 aliphatic carbocycles. The number of nitrogens with zero attached hydrogens (tertiary/aromatic N) is 2. The van der Waals surface area contributed by atoms with Gasteiger partial charge in [-0.3, -0.25) is 9.59 Å². The number of carboxylic acid groups (broad SMARTS) is 1. The van der Waals surface area contributed by atoms with Crippen molar-refractivity contribution in [2.75, 3.05) is 0 Å². The monoisotopic (exact) mass is 269 g/mol. The number of aromatic nitrogens is 1. The van der Waals surface area contributed by atoms with Crippen molar-refractivity contribution in [2.45, 2.75) is 32.1 Å². The fourth-order valence-electron chi connectivity index (χ4n) is 1.25. The zero-order valence-electron chi connectivity index (χ0n) is 9.83. The van der Waals surface area contributed by atoms with E-state index in [2.05, 4.69) is 15.5 Å². The molecule has 0 radical (unpaired) electrons. The van der Waals surface area contributed by atoms with Crippen LogP contribution in [0.5, 0.6) is 0 Å². The van der Waals surface area contributed by atoms with Crippen LogP contribution in [-0.4, -0.2) is 28.2 Å². The molecule has 1 amide bonds. The summed E-state index contributed by atoms with van der Waals surface area (Å²) in [7, 11) is 0. The number of aliphatic carboxylic acids is 1. The van der Waals surface area contributed by atoms with Gasteiger partial charge in [0.25, 0.3) is 0 Å². The Morgan fingerprint density at radius 2 is 2.17 bits per heavy atom. The highest BCUT2D eigenvalue weighted by atomic mass is 32.1. The van der Waals surface area contributed by atoms with Gasteiger partial charge < -0.3 is 5.11 Å². The maximum absolute atomic E-state index is 11.3. The van der Waals surface area contributed by atoms with Gasteiger partial charge in [-0.2, -0.15) is 5.10 Å². The van der Waals surface area contributed by atoms with Crippen molar-refractivity contribution in [1.82, 2.24) is 10.4 Å². The average molecular weight is 269 g/mol. The minimum Gasteiger partial charge on any atom is -0.481 e. The molecular formula is C11H15N3O3S. The number of hydrazone groups is 1. The highest BCUT2D eigenvalue weighted by molar-refractivity contribution is 7.11. The highest BCUT2D eigenvalue weighted by Gasteiger charge is 2.01. The number of carbonyl (C=O) groups is 2. The Kier molecular flexibility index (Phi) is 6.63. The largest absolute Gasteiger partial charge is 0.481 e. The third-order valence-electron chi connectivity index (χ3n) is 2.11. The molecule has 18 heavy (non-hydrogen) atoms. The van der Waals surface area contributed by atoms with Crippen molar-refractivity contribution in [2.24, 2.45) is 5.10 Å². The zero-order chi connectivity index (χ0) is 13.2. The summed E-state index contributed by atoms with van der Waals surface area (Å²) in [6.07, 6.45) is 5.68. The summed E-state index contributed by atoms with van der Waals surface area (Å²) in [5.74, 6) is -0.967. The molecule has 1 rings (SSSR count). The lowest BCUT2D eigenvalue weighted by atomic mass is 10.1. The lowest BCUT2D eigenvalue weighted by Crippen LogP contribution is -2.16. The molecule has 1 heterocycles. The second-order valence-electron chi connectivity index (χ2n) is 3.62. The highest BCUT2D eigenvalue weighted by Crippen LogP contribution is 2.03. The smallest absolute Gasteiger partial charge is 0.303 e. The zero-order valence-corrected chi connectivity index (χ0v) is 10.7. The second-order valence-corrected chi connectivity index (χ2v) is 4.54. The third kappa shape index (κ3) is 6.74. The molecule has 1 aromatic rings. The number of carbonyl (C=O) groups excluding carboxylic acids is 1. The van der Waals surface area contributed by atoms with Crippen molar-refractivity contribution in [3.63, 3.8) is 0 Å². The minimum atomic E-state index is -0.799. The molecule has 1 aromatic heterocycles. The molecule has 0 saturated carbocycles. The number of hydrogen-bond acceptors (Lipinski definition) is 5. The van der Waals surface area contributed by atoms with E-state index in [0.29, 0.717) is 19.3 Å². The maximum Gasteiger partial charge on any atom is 0.303 e. The van der Waals surface area contributed by atoms with Crippen LogP contribution < -0.4 is 5.43 Å². The molecule has 6 nitrogen and oxygen atoms in total. The predicted molar refractivity (Wildman–Crippen MR) is 68.6 cm³/mol. The first-order valence-corrected chi connectivity index (χ1v) is 6.49. The summed E-state index contributed by atoms with van der Waals surface area (Å²) in [6, 6.07) is 0. The van der Waals surface area contributed by atoms with E-state index in [1.54, 1.807) is 6.20 Å². The molecule has 0 saturated heterocycles. The topological polar surface area (TPSA) is 91.6 Å². The number of thiazole rings is 1. The molecule has 0 aromatic carbocycles. The molecule has 0 fully saturated rings. The summed E-state index contributed by atoms with van der Waals surface area (Å²) in [5, 5.41) is 14.8. The van der Waals surface area contributed by atoms with Crippen molar-refractivity contribution in [1.29, 1.82) is 0 Å². The number of hydrogen-bond donors (Lipinski definition) is 2. The first kappa shape index (κ1) is 14.3. The Balaban J connectivity index is 2.05. The van der Waals surface area contributed by atoms with Crippen LogP contribution in [0.25, 0.3) is 0 Å². The summed E-state index contributed by atoms with van der Waals surface area (Å²) in [6.45, 7) is 0. The minimum absolute atomic E-state index is 0.157. The van der Waals surface area contributed by atoms with Crippen LogP contribution in [0.4, 0.5) is 0 Å². The Labute approximate surface area is 109 Å². The van der Waals surface area contributed by atoms with E-state index < -0.39 is 5.97 Å². The summed E-state index contributed by atoms with van der Waals surface area (Å²) in [5.41, 5.74) is 2.40. The van der Waals surface area contributed by atoms with Crippen LogP contribution in [0.15, 0.2) is 16.7 Å². The van der Waals surface area contributed by atoms with Gasteiger partial charge in [-0.1, -0.05) is 6.42 Å². The third-order valence-corrected chi connectivity index (χ3v) is 2.82. The van der Waals surface area contributed by atoms with E-state index in [-0.39, 0.29) is 12.3 Å². The molecule has 0 aliphatic rings. The molecule has 98 valence electrons. The van der Waals surface area contributed by atoms with Crippen molar-refractivity contribution in [3.8, 4) is 0 Å². The van der Waals surface area contributed by atoms with Gasteiger partial charge >= 0.3 is 5.97 Å². The Bertz CT molecular complexity index is 404. The fourth-order valence-corrected chi connectivity index (χ4v) is 1.75. The molecule has 0 aliphatic heterocycles. The van der Waals surface area contributed by atoms with E-state index in [1.165, 1.54) is 17.6 Å². The molecule has 0 atom stereocenters. The van der Waals surface area contributed by atoms with E-state index in [0.717, 1.165) is 11.4 Å². The number of nitrogens with one attached hydrogen (secondary N) is 1. The fraction of sp³-hybridized carbons (Fsp3) is 0.455. The van der Waals surface area contributed by atoms with Crippen molar-refractivity contribution < 1.29 is 14.7 Å². The van der Waals surface area contributed by atoms with Gasteiger partial charge in [-0.25, -0.2) is 10.4 Å². The van der Waals surface area contributed by atoms with Crippen molar-refractivity contribution >= 4 is 29.4 Å². The van der Waals surface area contributed by atoms with Gasteiger partial charge in [0.1, 0.15) is 5.01 Å². The average Bonchev–Trinajstić information content (AvgIpc) is 2.81. The lowest BCUT2D eigenvalue weighted by molar-refractivity contribution is -0.137. The van der Waals surface area contributed by atoms with E-state index in [9.17, 15) is 9.59 Å². The summed E-state index contributed by atoms with van der Waals surface area (Å²) >= 11 is 1.43. The Morgan fingerprint density at radius 1 is 1.39 bits per heavy atom. The van der Waals surface area contributed by atoms with Crippen LogP contribution in [0.2, 0.25) is 0 Å². The number of carboxylic acids is 1. The predicted octanol–water partition coefficient (Wildman–Crippen LogP) is 1.63. The van der Waals surface area contributed by atoms with Crippen LogP contribution in [0.3, 0.4) is 0 Å². The second kappa shape index (κ2) is 8.35. The van der Waals surface area contributed by atoms with Gasteiger partial charge in [-0.15, -0.1) is 11.3 Å². The quantitative estimate of drug-likeness (QED) is 0.426. The SMILES string of the molecule is O=C(O)CCCCCC(=O)N/N=C/c1nccs1. The molecule has 0 bridgehead atoms. The van der Waals surface area contributed by atoms with Crippen LogP contribution >= 0.6 is 11.3 Å². The summed E-state index contributed by atoms with van der Waals surface area (Å²) in [4.78, 5) is 25.5. The molecule has 2 N–H and O–H groups in total. The maximum atomic E-state index is 11.3. The summed E-state index contributed by atoms with van der Waals surface area (Å²) < 4.78 is 0. The van der Waals surface area contributed by atoms with Gasteiger partial charge in [0.2, 0.25) is 5.91 Å². The Hall–Kier alpha value is -1.76. The molecule has 0 unspecified atom stereocenters. The van der Waals surface area contributed by atoms with Gasteiger partial charge in [0, 0.05) is 24.4 Å². The number of rotatable bonds is 8. The molecule has 7 heteroatoms. The van der Waals surface area contributed by atoms with Gasteiger partial charge in [0.15, 0.2) is 0 Å². The van der Waals surface area contributed by atoms with E-state index >= 15 is 0 Å². The number of unbranched alkanes of at least 4 members (excludes halogenated alkanes) is 2. The van der Waals surface area contributed by atoms with Crippen molar-refractivity contribution in [3.05, 3.63) is 16.6 Å². The standard InChI is InChI=1S/C11H15N3O3S/c15-9(4-2-1-3-5-11(16)17)14-13-8-10-12-6-7-18-10/h6-8H,1-5H2,(H,14,15)(H,16,17)/b13-8+. The molecule has 0 spiro atoms. The first-order valence-electron chi connectivity index (χ1n) is 5.61. The van der Waals surface area contributed by atoms with Gasteiger partial charge in [0.05, 0.1) is 6.21 Å². The lowest BCUT2D eigenvalue weighted by Gasteiger charge is -1.99. The first-order chi connectivity index (χ1) is 8.68. The Morgan fingerprint density at radius 3 is 2.83 bits per heavy atom. The van der Waals surface area contributed by atoms with Crippen LogP contribution in [0, 0.1) is 0 Å². The van der Waals surface area contributed by atoms with Crippen LogP contribution in [-0.2, 0) is 9.59 Å². The van der Waals surface area contributed by atoms with E-state index in [4.69, 9.17) is 5.11 Å². The van der Waals surface area contributed by atoms with Crippen LogP contribution in [0.1, 0.15) is 37.1 Å². The van der Waals surface area contributed by atoms with E-state index in [1.807, 2.05) is 5.38 Å². The normalized spacial score (nSPS) is 10.7. The number of amides is 1. The van der Waals surface area contributed by atoms with Gasteiger partial charge in [-0.05, 0) is 12.8 Å².